The van der Waals surface area contributed by atoms with Crippen LogP contribution in [0.5, 0.6) is 0 Å². The Bertz CT molecular complexity index is 571. The summed E-state index contributed by atoms with van der Waals surface area (Å²) in [5, 5.41) is 22.2. The Morgan fingerprint density at radius 2 is 2.00 bits per heavy atom. The van der Waals surface area contributed by atoms with Gasteiger partial charge in [-0.3, -0.25) is 14.9 Å². The third-order valence-electron chi connectivity index (χ3n) is 2.60. The van der Waals surface area contributed by atoms with Crippen molar-refractivity contribution in [1.82, 2.24) is 5.32 Å². The van der Waals surface area contributed by atoms with E-state index in [9.17, 15) is 19.7 Å². The number of benzene rings is 1. The van der Waals surface area contributed by atoms with E-state index in [-0.39, 0.29) is 11.3 Å². The van der Waals surface area contributed by atoms with Crippen molar-refractivity contribution in [2.24, 2.45) is 0 Å². The SMILES string of the molecule is CSc1ccc(C(=O)NC(C)(C)C(=O)O)cc1[N+](=O)[O-]. The lowest BCUT2D eigenvalue weighted by atomic mass is 10.1. The Labute approximate surface area is 119 Å². The molecule has 7 nitrogen and oxygen atoms in total. The van der Waals surface area contributed by atoms with E-state index in [1.165, 1.54) is 37.7 Å². The largest absolute Gasteiger partial charge is 0.480 e. The lowest BCUT2D eigenvalue weighted by Crippen LogP contribution is -2.49. The van der Waals surface area contributed by atoms with Crippen molar-refractivity contribution in [3.63, 3.8) is 0 Å². The van der Waals surface area contributed by atoms with Crippen LogP contribution in [0, 0.1) is 10.1 Å². The van der Waals surface area contributed by atoms with Crippen molar-refractivity contribution in [2.45, 2.75) is 24.3 Å². The first kappa shape index (κ1) is 16.0. The summed E-state index contributed by atoms with van der Waals surface area (Å²) in [6.07, 6.45) is 1.69. The van der Waals surface area contributed by atoms with E-state index < -0.39 is 22.3 Å². The van der Waals surface area contributed by atoms with Gasteiger partial charge in [-0.05, 0) is 32.2 Å². The van der Waals surface area contributed by atoms with E-state index in [2.05, 4.69) is 5.32 Å². The van der Waals surface area contributed by atoms with E-state index in [1.54, 1.807) is 6.26 Å². The zero-order chi connectivity index (χ0) is 15.5. The molecule has 0 bridgehead atoms. The molecule has 2 N–H and O–H groups in total. The number of nitrogens with zero attached hydrogens (tertiary/aromatic N) is 1. The minimum atomic E-state index is -1.45. The molecule has 0 aromatic heterocycles. The Hall–Kier alpha value is -2.09. The summed E-state index contributed by atoms with van der Waals surface area (Å²) < 4.78 is 0. The summed E-state index contributed by atoms with van der Waals surface area (Å²) in [4.78, 5) is 33.6. The highest BCUT2D eigenvalue weighted by molar-refractivity contribution is 7.98. The van der Waals surface area contributed by atoms with Crippen molar-refractivity contribution < 1.29 is 19.6 Å². The van der Waals surface area contributed by atoms with Gasteiger partial charge in [-0.2, -0.15) is 0 Å². The molecule has 108 valence electrons. The number of nitrogens with one attached hydrogen (secondary N) is 1. The summed E-state index contributed by atoms with van der Waals surface area (Å²) in [6, 6.07) is 4.02. The highest BCUT2D eigenvalue weighted by Crippen LogP contribution is 2.28. The molecule has 0 fully saturated rings. The van der Waals surface area contributed by atoms with E-state index in [1.807, 2.05) is 0 Å². The molecule has 0 heterocycles. The minimum Gasteiger partial charge on any atom is -0.480 e. The number of hydrogen-bond acceptors (Lipinski definition) is 5. The molecule has 0 unspecified atom stereocenters. The Morgan fingerprint density at radius 3 is 2.45 bits per heavy atom. The van der Waals surface area contributed by atoms with Crippen molar-refractivity contribution in [1.29, 1.82) is 0 Å². The zero-order valence-corrected chi connectivity index (χ0v) is 12.0. The van der Waals surface area contributed by atoms with Crippen LogP contribution < -0.4 is 5.32 Å². The molecule has 0 radical (unpaired) electrons. The van der Waals surface area contributed by atoms with E-state index >= 15 is 0 Å². The summed E-state index contributed by atoms with van der Waals surface area (Å²) in [7, 11) is 0. The summed E-state index contributed by atoms with van der Waals surface area (Å²) in [5.41, 5.74) is -1.59. The van der Waals surface area contributed by atoms with Crippen molar-refractivity contribution >= 4 is 29.3 Å². The number of amides is 1. The van der Waals surface area contributed by atoms with Gasteiger partial charge in [0.05, 0.1) is 9.82 Å². The fraction of sp³-hybridized carbons (Fsp3) is 0.333. The molecule has 1 aromatic carbocycles. The van der Waals surface area contributed by atoms with Gasteiger partial charge in [0.15, 0.2) is 0 Å². The van der Waals surface area contributed by atoms with Crippen LogP contribution in [0.4, 0.5) is 5.69 Å². The molecule has 0 aliphatic rings. The van der Waals surface area contributed by atoms with Gasteiger partial charge in [-0.1, -0.05) is 0 Å². The second-order valence-electron chi connectivity index (χ2n) is 4.53. The lowest BCUT2D eigenvalue weighted by Gasteiger charge is -2.20. The van der Waals surface area contributed by atoms with Crippen molar-refractivity contribution in [3.8, 4) is 0 Å². The monoisotopic (exact) mass is 298 g/mol. The number of hydrogen-bond donors (Lipinski definition) is 2. The maximum absolute atomic E-state index is 11.9. The third kappa shape index (κ3) is 3.47. The van der Waals surface area contributed by atoms with Crippen LogP contribution >= 0.6 is 11.8 Å². The van der Waals surface area contributed by atoms with Gasteiger partial charge in [-0.25, -0.2) is 4.79 Å². The predicted octanol–water partition coefficient (Wildman–Crippen LogP) is 1.91. The van der Waals surface area contributed by atoms with Gasteiger partial charge in [-0.15, -0.1) is 11.8 Å². The fourth-order valence-corrected chi connectivity index (χ4v) is 1.93. The maximum atomic E-state index is 11.9. The Balaban J connectivity index is 3.09. The first-order valence-corrected chi connectivity index (χ1v) is 6.80. The first-order chi connectivity index (χ1) is 9.19. The van der Waals surface area contributed by atoms with Gasteiger partial charge >= 0.3 is 5.97 Å². The summed E-state index contributed by atoms with van der Waals surface area (Å²) >= 11 is 1.19. The summed E-state index contributed by atoms with van der Waals surface area (Å²) in [5.74, 6) is -1.87. The van der Waals surface area contributed by atoms with Crippen LogP contribution in [0.1, 0.15) is 24.2 Å². The highest BCUT2D eigenvalue weighted by atomic mass is 32.2. The molecular formula is C12H14N2O5S. The van der Waals surface area contributed by atoms with Crippen LogP contribution in [0.15, 0.2) is 23.1 Å². The van der Waals surface area contributed by atoms with Gasteiger partial charge in [0.2, 0.25) is 0 Å². The van der Waals surface area contributed by atoms with Gasteiger partial charge in [0, 0.05) is 11.6 Å². The van der Waals surface area contributed by atoms with E-state index in [0.29, 0.717) is 4.90 Å². The molecule has 0 saturated heterocycles. The molecule has 8 heteroatoms. The quantitative estimate of drug-likeness (QED) is 0.488. The molecule has 20 heavy (non-hydrogen) atoms. The number of carboxylic acid groups (broad SMARTS) is 1. The number of nitro benzene ring substituents is 1. The second-order valence-corrected chi connectivity index (χ2v) is 5.38. The van der Waals surface area contributed by atoms with Crippen molar-refractivity contribution in [3.05, 3.63) is 33.9 Å². The Morgan fingerprint density at radius 1 is 1.40 bits per heavy atom. The molecule has 0 aliphatic heterocycles. The average Bonchev–Trinajstić information content (AvgIpc) is 2.37. The van der Waals surface area contributed by atoms with Crippen LogP contribution in [-0.4, -0.2) is 33.7 Å². The number of carboxylic acids is 1. The molecule has 1 amide bonds. The number of thioether (sulfide) groups is 1. The van der Waals surface area contributed by atoms with Crippen LogP contribution in [-0.2, 0) is 4.79 Å². The normalized spacial score (nSPS) is 10.9. The molecule has 0 aliphatic carbocycles. The second kappa shape index (κ2) is 5.91. The van der Waals surface area contributed by atoms with Crippen LogP contribution in [0.25, 0.3) is 0 Å². The van der Waals surface area contributed by atoms with E-state index in [0.717, 1.165) is 6.07 Å². The number of rotatable bonds is 5. The fourth-order valence-electron chi connectivity index (χ4n) is 1.38. The smallest absolute Gasteiger partial charge is 0.328 e. The van der Waals surface area contributed by atoms with E-state index in [4.69, 9.17) is 5.11 Å². The van der Waals surface area contributed by atoms with Gasteiger partial charge in [0.1, 0.15) is 5.54 Å². The minimum absolute atomic E-state index is 0.0452. The average molecular weight is 298 g/mol. The maximum Gasteiger partial charge on any atom is 0.328 e. The molecule has 0 atom stereocenters. The highest BCUT2D eigenvalue weighted by Gasteiger charge is 2.30. The lowest BCUT2D eigenvalue weighted by molar-refractivity contribution is -0.387. The van der Waals surface area contributed by atoms with Crippen molar-refractivity contribution in [2.75, 3.05) is 6.26 Å². The third-order valence-corrected chi connectivity index (χ3v) is 3.38. The molecule has 1 rings (SSSR count). The molecule has 0 spiro atoms. The molecule has 0 saturated carbocycles. The molecular weight excluding hydrogens is 284 g/mol. The summed E-state index contributed by atoms with van der Waals surface area (Å²) in [6.45, 7) is 2.66. The van der Waals surface area contributed by atoms with Crippen LogP contribution in [0.3, 0.4) is 0 Å². The van der Waals surface area contributed by atoms with Gasteiger partial charge in [0.25, 0.3) is 11.6 Å². The van der Waals surface area contributed by atoms with Gasteiger partial charge < -0.3 is 10.4 Å². The number of nitro groups is 1. The topological polar surface area (TPSA) is 110 Å². The molecule has 1 aromatic rings. The number of aliphatic carboxylic acids is 1. The first-order valence-electron chi connectivity index (χ1n) is 5.57. The Kier molecular flexibility index (Phi) is 4.72. The predicted molar refractivity (Wildman–Crippen MR) is 74.1 cm³/mol. The number of carbonyl (C=O) groups excluding carboxylic acids is 1. The standard InChI is InChI=1S/C12H14N2O5S/c1-12(2,11(16)17)13-10(15)7-4-5-9(20-3)8(6-7)14(18)19/h4-6H,1-3H3,(H,13,15)(H,16,17). The van der Waals surface area contributed by atoms with Crippen LogP contribution in [0.2, 0.25) is 0 Å². The number of carbonyl (C=O) groups is 2. The zero-order valence-electron chi connectivity index (χ0n) is 11.2.